The second kappa shape index (κ2) is 6.74. The molecule has 0 aliphatic rings. The molecular weight excluding hydrogens is 350 g/mol. The summed E-state index contributed by atoms with van der Waals surface area (Å²) in [7, 11) is 1.72. The maximum Gasteiger partial charge on any atom is 0.323 e. The highest BCUT2D eigenvalue weighted by Gasteiger charge is 2.22. The van der Waals surface area contributed by atoms with E-state index in [2.05, 4.69) is 21.0 Å². The first-order valence-corrected chi connectivity index (χ1v) is 7.42. The number of carbonyl (C=O) groups excluding carboxylic acids is 1. The zero-order chi connectivity index (χ0) is 16.3. The molecule has 2 rings (SSSR count). The quantitative estimate of drug-likeness (QED) is 0.881. The lowest BCUT2D eigenvalue weighted by Crippen LogP contribution is -2.35. The third kappa shape index (κ3) is 3.94. The molecule has 0 unspecified atom stereocenters. The van der Waals surface area contributed by atoms with Crippen LogP contribution in [0.25, 0.3) is 0 Å². The summed E-state index contributed by atoms with van der Waals surface area (Å²) in [4.78, 5) is 25.0. The van der Waals surface area contributed by atoms with Crippen LogP contribution < -0.4 is 0 Å². The van der Waals surface area contributed by atoms with Gasteiger partial charge in [-0.3, -0.25) is 14.3 Å². The van der Waals surface area contributed by atoms with Gasteiger partial charge >= 0.3 is 5.97 Å². The van der Waals surface area contributed by atoms with Gasteiger partial charge in [-0.25, -0.2) is 0 Å². The fourth-order valence-electron chi connectivity index (χ4n) is 2.20. The third-order valence-corrected chi connectivity index (χ3v) is 3.61. The monoisotopic (exact) mass is 365 g/mol. The van der Waals surface area contributed by atoms with Crippen LogP contribution >= 0.6 is 15.9 Å². The number of carbonyl (C=O) groups is 2. The second-order valence-corrected chi connectivity index (χ2v) is 5.90. The average Bonchev–Trinajstić information content (AvgIpc) is 2.75. The van der Waals surface area contributed by atoms with Gasteiger partial charge in [0.25, 0.3) is 5.91 Å². The zero-order valence-electron chi connectivity index (χ0n) is 12.3. The molecule has 0 aliphatic heterocycles. The number of amides is 1. The molecule has 7 heteroatoms. The minimum absolute atomic E-state index is 0.221. The third-order valence-electron chi connectivity index (χ3n) is 3.12. The first-order chi connectivity index (χ1) is 10.4. The summed E-state index contributed by atoms with van der Waals surface area (Å²) >= 11 is 3.37. The molecule has 0 fully saturated rings. The highest BCUT2D eigenvalue weighted by molar-refractivity contribution is 9.10. The van der Waals surface area contributed by atoms with Gasteiger partial charge in [-0.2, -0.15) is 5.10 Å². The van der Waals surface area contributed by atoms with E-state index in [9.17, 15) is 9.59 Å². The van der Waals surface area contributed by atoms with Crippen LogP contribution in [-0.4, -0.2) is 38.2 Å². The molecule has 6 nitrogen and oxygen atoms in total. The fraction of sp³-hybridized carbons (Fsp3) is 0.267. The normalized spacial score (nSPS) is 10.5. The van der Waals surface area contributed by atoms with Gasteiger partial charge in [0.15, 0.2) is 0 Å². The predicted molar refractivity (Wildman–Crippen MR) is 84.5 cm³/mol. The first kappa shape index (κ1) is 16.2. The van der Waals surface area contributed by atoms with Crippen LogP contribution in [0.1, 0.15) is 21.6 Å². The Kier molecular flexibility index (Phi) is 4.97. The summed E-state index contributed by atoms with van der Waals surface area (Å²) < 4.78 is 2.42. The number of carboxylic acids is 1. The Hall–Kier alpha value is -2.15. The fourth-order valence-corrected chi connectivity index (χ4v) is 2.65. The Bertz CT molecular complexity index is 712. The van der Waals surface area contributed by atoms with Crippen molar-refractivity contribution in [2.24, 2.45) is 7.05 Å². The number of benzene rings is 1. The summed E-state index contributed by atoms with van der Waals surface area (Å²) in [6, 6.07) is 7.43. The van der Waals surface area contributed by atoms with E-state index in [1.807, 2.05) is 24.3 Å². The van der Waals surface area contributed by atoms with Gasteiger partial charge in [0.2, 0.25) is 0 Å². The molecule has 1 aromatic heterocycles. The lowest BCUT2D eigenvalue weighted by atomic mass is 10.2. The van der Waals surface area contributed by atoms with Crippen LogP contribution in [0.5, 0.6) is 0 Å². The van der Waals surface area contributed by atoms with Crippen molar-refractivity contribution in [3.8, 4) is 0 Å². The lowest BCUT2D eigenvalue weighted by molar-refractivity contribution is -0.137. The topological polar surface area (TPSA) is 75.4 Å². The van der Waals surface area contributed by atoms with Gasteiger partial charge in [-0.1, -0.05) is 28.1 Å². The number of hydrogen-bond acceptors (Lipinski definition) is 3. The summed E-state index contributed by atoms with van der Waals surface area (Å²) in [5.41, 5.74) is 1.85. The molecule has 0 saturated heterocycles. The van der Waals surface area contributed by atoms with Gasteiger partial charge in [-0.05, 0) is 24.6 Å². The number of halogens is 1. The Morgan fingerprint density at radius 3 is 2.68 bits per heavy atom. The molecule has 0 radical (unpaired) electrons. The van der Waals surface area contributed by atoms with E-state index >= 15 is 0 Å². The molecule has 116 valence electrons. The lowest BCUT2D eigenvalue weighted by Gasteiger charge is -2.20. The van der Waals surface area contributed by atoms with Crippen molar-refractivity contribution in [3.05, 3.63) is 51.8 Å². The number of aromatic nitrogens is 2. The number of hydrogen-bond donors (Lipinski definition) is 1. The van der Waals surface area contributed by atoms with E-state index in [-0.39, 0.29) is 19.0 Å². The van der Waals surface area contributed by atoms with Crippen molar-refractivity contribution in [3.63, 3.8) is 0 Å². The Morgan fingerprint density at radius 2 is 2.14 bits per heavy atom. The summed E-state index contributed by atoms with van der Waals surface area (Å²) in [5.74, 6) is -1.39. The maximum absolute atomic E-state index is 12.6. The minimum atomic E-state index is -1.05. The Morgan fingerprint density at radius 1 is 1.41 bits per heavy atom. The SMILES string of the molecule is Cc1nn(C)cc1C(=O)N(CC(=O)O)Cc1cccc(Br)c1. The molecule has 0 aliphatic carbocycles. The van der Waals surface area contributed by atoms with Crippen molar-refractivity contribution < 1.29 is 14.7 Å². The maximum atomic E-state index is 12.6. The van der Waals surface area contributed by atoms with Crippen LogP contribution in [-0.2, 0) is 18.4 Å². The number of carboxylic acid groups (broad SMARTS) is 1. The summed E-state index contributed by atoms with van der Waals surface area (Å²) in [6.45, 7) is 1.59. The van der Waals surface area contributed by atoms with E-state index in [0.717, 1.165) is 10.0 Å². The van der Waals surface area contributed by atoms with Gasteiger partial charge in [0.05, 0.1) is 11.3 Å². The second-order valence-electron chi connectivity index (χ2n) is 4.99. The molecule has 0 saturated carbocycles. The molecule has 0 spiro atoms. The van der Waals surface area contributed by atoms with Crippen LogP contribution in [0.4, 0.5) is 0 Å². The summed E-state index contributed by atoms with van der Waals surface area (Å²) in [5, 5.41) is 13.2. The number of rotatable bonds is 5. The smallest absolute Gasteiger partial charge is 0.323 e. The zero-order valence-corrected chi connectivity index (χ0v) is 13.9. The van der Waals surface area contributed by atoms with Gasteiger partial charge in [-0.15, -0.1) is 0 Å². The minimum Gasteiger partial charge on any atom is -0.480 e. The summed E-state index contributed by atoms with van der Waals surface area (Å²) in [6.07, 6.45) is 1.60. The number of aliphatic carboxylic acids is 1. The molecule has 2 aromatic rings. The van der Waals surface area contributed by atoms with E-state index in [1.54, 1.807) is 24.9 Å². The highest BCUT2D eigenvalue weighted by atomic mass is 79.9. The van der Waals surface area contributed by atoms with Crippen molar-refractivity contribution in [2.45, 2.75) is 13.5 Å². The molecule has 0 atom stereocenters. The van der Waals surface area contributed by atoms with E-state index in [4.69, 9.17) is 5.11 Å². The largest absolute Gasteiger partial charge is 0.480 e. The first-order valence-electron chi connectivity index (χ1n) is 6.62. The van der Waals surface area contributed by atoms with Crippen LogP contribution in [0.15, 0.2) is 34.9 Å². The van der Waals surface area contributed by atoms with E-state index in [0.29, 0.717) is 11.3 Å². The van der Waals surface area contributed by atoms with Gasteiger partial charge in [0, 0.05) is 24.3 Å². The average molecular weight is 366 g/mol. The van der Waals surface area contributed by atoms with Crippen LogP contribution in [0, 0.1) is 6.92 Å². The van der Waals surface area contributed by atoms with Gasteiger partial charge < -0.3 is 10.0 Å². The van der Waals surface area contributed by atoms with E-state index < -0.39 is 5.97 Å². The molecule has 1 amide bonds. The Balaban J connectivity index is 2.27. The highest BCUT2D eigenvalue weighted by Crippen LogP contribution is 2.16. The van der Waals surface area contributed by atoms with Crippen LogP contribution in [0.3, 0.4) is 0 Å². The molecular formula is C15H16BrN3O3. The predicted octanol–water partition coefficient (Wildman–Crippen LogP) is 2.22. The standard InChI is InChI=1S/C15H16BrN3O3/c1-10-13(8-18(2)17-10)15(22)19(9-14(20)21)7-11-4-3-5-12(16)6-11/h3-6,8H,7,9H2,1-2H3,(H,20,21). The number of nitrogens with zero attached hydrogens (tertiary/aromatic N) is 3. The molecule has 22 heavy (non-hydrogen) atoms. The molecule has 1 heterocycles. The molecule has 0 bridgehead atoms. The Labute approximate surface area is 136 Å². The van der Waals surface area contributed by atoms with Crippen molar-refractivity contribution in [2.75, 3.05) is 6.54 Å². The van der Waals surface area contributed by atoms with Crippen molar-refractivity contribution >= 4 is 27.8 Å². The molecule has 1 aromatic carbocycles. The van der Waals surface area contributed by atoms with Gasteiger partial charge in [0.1, 0.15) is 6.54 Å². The van der Waals surface area contributed by atoms with Crippen LogP contribution in [0.2, 0.25) is 0 Å². The molecule has 1 N–H and O–H groups in total. The number of aryl methyl sites for hydroxylation is 2. The van der Waals surface area contributed by atoms with E-state index in [1.165, 1.54) is 4.90 Å². The van der Waals surface area contributed by atoms with Crippen molar-refractivity contribution in [1.29, 1.82) is 0 Å². The van der Waals surface area contributed by atoms with Crippen molar-refractivity contribution in [1.82, 2.24) is 14.7 Å².